The third-order valence-corrected chi connectivity index (χ3v) is 4.12. The van der Waals surface area contributed by atoms with E-state index in [0.717, 1.165) is 29.0 Å². The standard InChI is InChI=1S/C16H16FN3S/c1-3-8-18-14-12-9-10(2)21-16(12)20-15(19-14)11-6-4-5-7-13(11)17/h4-7,9H,3,8H2,1-2H3,(H,18,19,20). The van der Waals surface area contributed by atoms with E-state index in [1.54, 1.807) is 29.5 Å². The fraction of sp³-hybridized carbons (Fsp3) is 0.250. The van der Waals surface area contributed by atoms with Gasteiger partial charge in [-0.15, -0.1) is 11.3 Å². The monoisotopic (exact) mass is 301 g/mol. The van der Waals surface area contributed by atoms with E-state index in [4.69, 9.17) is 0 Å². The van der Waals surface area contributed by atoms with Crippen LogP contribution in [0, 0.1) is 12.7 Å². The van der Waals surface area contributed by atoms with Gasteiger partial charge in [0.15, 0.2) is 5.82 Å². The number of fused-ring (bicyclic) bond motifs is 1. The van der Waals surface area contributed by atoms with E-state index < -0.39 is 0 Å². The van der Waals surface area contributed by atoms with Crippen LogP contribution in [0.15, 0.2) is 30.3 Å². The van der Waals surface area contributed by atoms with Gasteiger partial charge in [-0.2, -0.15) is 0 Å². The number of benzene rings is 1. The van der Waals surface area contributed by atoms with Gasteiger partial charge < -0.3 is 5.32 Å². The minimum atomic E-state index is -0.299. The van der Waals surface area contributed by atoms with Crippen molar-refractivity contribution >= 4 is 27.4 Å². The van der Waals surface area contributed by atoms with E-state index in [9.17, 15) is 4.39 Å². The first-order valence-corrected chi connectivity index (χ1v) is 7.77. The van der Waals surface area contributed by atoms with Gasteiger partial charge in [-0.3, -0.25) is 0 Å². The van der Waals surface area contributed by atoms with Gasteiger partial charge in [-0.1, -0.05) is 19.1 Å². The van der Waals surface area contributed by atoms with Gasteiger partial charge in [0, 0.05) is 11.4 Å². The van der Waals surface area contributed by atoms with E-state index in [2.05, 4.69) is 28.3 Å². The maximum absolute atomic E-state index is 14.0. The second kappa shape index (κ2) is 5.77. The molecule has 108 valence electrons. The third-order valence-electron chi connectivity index (χ3n) is 3.17. The van der Waals surface area contributed by atoms with Crippen molar-refractivity contribution in [3.05, 3.63) is 41.0 Å². The first-order valence-electron chi connectivity index (χ1n) is 6.96. The number of anilines is 1. The Hall–Kier alpha value is -2.01. The molecular formula is C16H16FN3S. The van der Waals surface area contributed by atoms with Crippen LogP contribution < -0.4 is 5.32 Å². The van der Waals surface area contributed by atoms with Crippen LogP contribution >= 0.6 is 11.3 Å². The number of hydrogen-bond acceptors (Lipinski definition) is 4. The summed E-state index contributed by atoms with van der Waals surface area (Å²) in [7, 11) is 0. The number of rotatable bonds is 4. The topological polar surface area (TPSA) is 37.8 Å². The molecule has 0 atom stereocenters. The zero-order valence-electron chi connectivity index (χ0n) is 12.0. The highest BCUT2D eigenvalue weighted by Gasteiger charge is 2.13. The molecule has 1 N–H and O–H groups in total. The zero-order chi connectivity index (χ0) is 14.8. The molecule has 0 radical (unpaired) electrons. The Morgan fingerprint density at radius 3 is 2.81 bits per heavy atom. The van der Waals surface area contributed by atoms with E-state index in [0.29, 0.717) is 11.4 Å². The largest absolute Gasteiger partial charge is 0.369 e. The highest BCUT2D eigenvalue weighted by Crippen LogP contribution is 2.31. The molecule has 0 aliphatic heterocycles. The summed E-state index contributed by atoms with van der Waals surface area (Å²) in [5.74, 6) is 0.914. The molecule has 0 aliphatic carbocycles. The van der Waals surface area contributed by atoms with Crippen molar-refractivity contribution in [2.24, 2.45) is 0 Å². The molecule has 21 heavy (non-hydrogen) atoms. The van der Waals surface area contributed by atoms with Crippen molar-refractivity contribution in [2.45, 2.75) is 20.3 Å². The van der Waals surface area contributed by atoms with Crippen LogP contribution in [0.25, 0.3) is 21.6 Å². The summed E-state index contributed by atoms with van der Waals surface area (Å²) in [5, 5.41) is 4.32. The molecule has 0 spiro atoms. The number of hydrogen-bond donors (Lipinski definition) is 1. The van der Waals surface area contributed by atoms with Crippen LogP contribution in [0.1, 0.15) is 18.2 Å². The van der Waals surface area contributed by atoms with Crippen molar-refractivity contribution < 1.29 is 4.39 Å². The molecule has 2 heterocycles. The number of halogens is 1. The molecule has 0 saturated heterocycles. The fourth-order valence-corrected chi connectivity index (χ4v) is 3.06. The molecule has 0 unspecified atom stereocenters. The molecule has 0 saturated carbocycles. The number of thiophene rings is 1. The highest BCUT2D eigenvalue weighted by molar-refractivity contribution is 7.18. The average molecular weight is 301 g/mol. The Balaban J connectivity index is 2.17. The van der Waals surface area contributed by atoms with Crippen LogP contribution in [0.5, 0.6) is 0 Å². The smallest absolute Gasteiger partial charge is 0.166 e. The van der Waals surface area contributed by atoms with Gasteiger partial charge >= 0.3 is 0 Å². The predicted octanol–water partition coefficient (Wildman–Crippen LogP) is 4.63. The Kier molecular flexibility index (Phi) is 3.84. The summed E-state index contributed by atoms with van der Waals surface area (Å²) in [6, 6.07) is 8.68. The molecule has 0 bridgehead atoms. The molecular weight excluding hydrogens is 285 g/mol. The Morgan fingerprint density at radius 2 is 2.05 bits per heavy atom. The van der Waals surface area contributed by atoms with Crippen LogP contribution in [0.4, 0.5) is 10.2 Å². The number of nitrogens with one attached hydrogen (secondary N) is 1. The van der Waals surface area contributed by atoms with Gasteiger partial charge in [0.05, 0.1) is 10.9 Å². The van der Waals surface area contributed by atoms with Crippen LogP contribution in [-0.4, -0.2) is 16.5 Å². The number of aromatic nitrogens is 2. The van der Waals surface area contributed by atoms with E-state index in [-0.39, 0.29) is 5.82 Å². The molecule has 5 heteroatoms. The summed E-state index contributed by atoms with van der Waals surface area (Å²) in [5.41, 5.74) is 0.435. The second-order valence-electron chi connectivity index (χ2n) is 4.88. The van der Waals surface area contributed by atoms with Crippen molar-refractivity contribution in [2.75, 3.05) is 11.9 Å². The third kappa shape index (κ3) is 2.74. The van der Waals surface area contributed by atoms with Crippen molar-refractivity contribution in [3.63, 3.8) is 0 Å². The summed E-state index contributed by atoms with van der Waals surface area (Å²) >= 11 is 1.60. The van der Waals surface area contributed by atoms with E-state index in [1.165, 1.54) is 10.9 Å². The first kappa shape index (κ1) is 13.9. The maximum Gasteiger partial charge on any atom is 0.166 e. The highest BCUT2D eigenvalue weighted by atomic mass is 32.1. The average Bonchev–Trinajstić information content (AvgIpc) is 2.85. The molecule has 3 rings (SSSR count). The van der Waals surface area contributed by atoms with E-state index in [1.807, 2.05) is 6.92 Å². The Labute approximate surface area is 126 Å². The molecule has 0 amide bonds. The maximum atomic E-state index is 14.0. The lowest BCUT2D eigenvalue weighted by Gasteiger charge is -2.08. The quantitative estimate of drug-likeness (QED) is 0.763. The molecule has 0 aliphatic rings. The molecule has 3 nitrogen and oxygen atoms in total. The van der Waals surface area contributed by atoms with Crippen molar-refractivity contribution in [1.29, 1.82) is 0 Å². The predicted molar refractivity (Wildman–Crippen MR) is 86.3 cm³/mol. The van der Waals surface area contributed by atoms with Gasteiger partial charge in [0.25, 0.3) is 0 Å². The van der Waals surface area contributed by atoms with E-state index >= 15 is 0 Å². The van der Waals surface area contributed by atoms with Gasteiger partial charge in [0.1, 0.15) is 16.5 Å². The Bertz CT molecular complexity index is 782. The SMILES string of the molecule is CCCNc1nc(-c2ccccc2F)nc2sc(C)cc12. The van der Waals surface area contributed by atoms with Crippen molar-refractivity contribution in [3.8, 4) is 11.4 Å². The lowest BCUT2D eigenvalue weighted by Crippen LogP contribution is -2.04. The second-order valence-corrected chi connectivity index (χ2v) is 6.11. The summed E-state index contributed by atoms with van der Waals surface area (Å²) in [6.45, 7) is 4.97. The number of nitrogens with zero attached hydrogens (tertiary/aromatic N) is 2. The molecule has 3 aromatic rings. The molecule has 1 aromatic carbocycles. The minimum Gasteiger partial charge on any atom is -0.369 e. The Morgan fingerprint density at radius 1 is 1.24 bits per heavy atom. The summed E-state index contributed by atoms with van der Waals surface area (Å²) in [6.07, 6.45) is 1.00. The summed E-state index contributed by atoms with van der Waals surface area (Å²) < 4.78 is 14.0. The van der Waals surface area contributed by atoms with Gasteiger partial charge in [-0.25, -0.2) is 14.4 Å². The lowest BCUT2D eigenvalue weighted by molar-refractivity contribution is 0.630. The fourth-order valence-electron chi connectivity index (χ4n) is 2.18. The van der Waals surface area contributed by atoms with Crippen LogP contribution in [-0.2, 0) is 0 Å². The minimum absolute atomic E-state index is 0.299. The van der Waals surface area contributed by atoms with Crippen LogP contribution in [0.2, 0.25) is 0 Å². The lowest BCUT2D eigenvalue weighted by atomic mass is 10.2. The normalized spacial score (nSPS) is 11.0. The van der Waals surface area contributed by atoms with Crippen LogP contribution in [0.3, 0.4) is 0 Å². The zero-order valence-corrected chi connectivity index (χ0v) is 12.8. The summed E-state index contributed by atoms with van der Waals surface area (Å²) in [4.78, 5) is 11.1. The van der Waals surface area contributed by atoms with Gasteiger partial charge in [-0.05, 0) is 31.5 Å². The molecule has 2 aromatic heterocycles. The van der Waals surface area contributed by atoms with Gasteiger partial charge in [0.2, 0.25) is 0 Å². The first-order chi connectivity index (χ1) is 10.2. The molecule has 0 fully saturated rings. The van der Waals surface area contributed by atoms with Crippen molar-refractivity contribution in [1.82, 2.24) is 9.97 Å². The number of aryl methyl sites for hydroxylation is 1.